The summed E-state index contributed by atoms with van der Waals surface area (Å²) in [5.41, 5.74) is 0. The molecule has 0 amide bonds. The van der Waals surface area contributed by atoms with Crippen LogP contribution in [0.4, 0.5) is 0 Å². The summed E-state index contributed by atoms with van der Waals surface area (Å²) < 4.78 is 10.3. The van der Waals surface area contributed by atoms with E-state index in [1.807, 2.05) is 19.0 Å². The lowest BCUT2D eigenvalue weighted by Gasteiger charge is -2.08. The Morgan fingerprint density at radius 3 is 2.36 bits per heavy atom. The van der Waals surface area contributed by atoms with Gasteiger partial charge in [0.25, 0.3) is 0 Å². The van der Waals surface area contributed by atoms with Crippen molar-refractivity contribution in [2.24, 2.45) is 0 Å². The Morgan fingerprint density at radius 1 is 1.45 bits per heavy atom. The Labute approximate surface area is 70.9 Å². The molecule has 0 atom stereocenters. The molecule has 0 spiro atoms. The Morgan fingerprint density at radius 2 is 2.00 bits per heavy atom. The van der Waals surface area contributed by atoms with Crippen LogP contribution in [0.3, 0.4) is 0 Å². The summed E-state index contributed by atoms with van der Waals surface area (Å²) in [6.45, 7) is -2.96. The molecule has 6 heteroatoms. The van der Waals surface area contributed by atoms with Gasteiger partial charge >= 0.3 is 6.80 Å². The van der Waals surface area contributed by atoms with Gasteiger partial charge in [-0.05, 0) is 38.4 Å². The molecule has 0 saturated heterocycles. The fourth-order valence-corrected chi connectivity index (χ4v) is 2.16. The number of hydrogen-bond donors (Lipinski definition) is 2. The zero-order valence-corrected chi connectivity index (χ0v) is 8.44. The molecular weight excluding hydrogens is 185 g/mol. The van der Waals surface area contributed by atoms with E-state index in [1.165, 1.54) is 0 Å². The van der Waals surface area contributed by atoms with Crippen LogP contribution in [0.2, 0.25) is 0 Å². The van der Waals surface area contributed by atoms with Crippen molar-refractivity contribution < 1.29 is 14.4 Å². The van der Waals surface area contributed by atoms with E-state index in [2.05, 4.69) is 0 Å². The normalized spacial score (nSPS) is 12.5. The van der Waals surface area contributed by atoms with Gasteiger partial charge in [0.05, 0.1) is 0 Å². The van der Waals surface area contributed by atoms with Gasteiger partial charge in [-0.1, -0.05) is 0 Å². The van der Waals surface area contributed by atoms with Gasteiger partial charge in [-0.15, -0.1) is 0 Å². The monoisotopic (exact) mass is 199 g/mol. The van der Waals surface area contributed by atoms with Crippen LogP contribution in [0.5, 0.6) is 0 Å². The minimum Gasteiger partial charge on any atom is -0.317 e. The molecule has 0 aliphatic carbocycles. The highest BCUT2D eigenvalue weighted by Gasteiger charge is 2.12. The maximum Gasteiger partial charge on any atom is 0.383 e. The largest absolute Gasteiger partial charge is 0.383 e. The van der Waals surface area contributed by atoms with Gasteiger partial charge in [0, 0.05) is 5.75 Å². The molecule has 0 heterocycles. The third-order valence-electron chi connectivity index (χ3n) is 1.01. The van der Waals surface area contributed by atoms with Gasteiger partial charge in [0.1, 0.15) is 0 Å². The highest BCUT2D eigenvalue weighted by atomic mass is 32.7. The molecule has 4 nitrogen and oxygen atoms in total. The van der Waals surface area contributed by atoms with Crippen molar-refractivity contribution in [3.8, 4) is 0 Å². The van der Waals surface area contributed by atoms with Crippen LogP contribution in [0.1, 0.15) is 6.42 Å². The quantitative estimate of drug-likeness (QED) is 0.505. The number of hydrogen-bond acceptors (Lipinski definition) is 3. The van der Waals surface area contributed by atoms with Crippen molar-refractivity contribution in [2.75, 3.05) is 26.4 Å². The second-order valence-corrected chi connectivity index (χ2v) is 6.33. The standard InChI is InChI=1S/C5H14NO3PS/c1-6(2)4-3-5-11-10(7,8)9/h3-5H2,1-2H3,(H2,7,8,9). The van der Waals surface area contributed by atoms with Crippen molar-refractivity contribution in [3.05, 3.63) is 0 Å². The van der Waals surface area contributed by atoms with Crippen LogP contribution in [-0.4, -0.2) is 41.1 Å². The van der Waals surface area contributed by atoms with Crippen LogP contribution < -0.4 is 0 Å². The minimum absolute atomic E-state index is 0.516. The first-order valence-corrected chi connectivity index (χ1v) is 6.47. The Kier molecular flexibility index (Phi) is 5.38. The molecule has 0 radical (unpaired) electrons. The first kappa shape index (κ1) is 11.5. The lowest BCUT2D eigenvalue weighted by molar-refractivity contribution is 0.396. The second kappa shape index (κ2) is 5.17. The molecule has 2 N–H and O–H groups in total. The average Bonchev–Trinajstić information content (AvgIpc) is 1.78. The predicted molar refractivity (Wildman–Crippen MR) is 47.7 cm³/mol. The molecule has 68 valence electrons. The topological polar surface area (TPSA) is 60.8 Å². The lowest BCUT2D eigenvalue weighted by atomic mass is 10.5. The molecule has 0 unspecified atom stereocenters. The summed E-state index contributed by atoms with van der Waals surface area (Å²) in [6, 6.07) is 0. The first-order chi connectivity index (χ1) is 4.92. The fraction of sp³-hybridized carbons (Fsp3) is 1.00. The molecule has 0 aromatic carbocycles. The van der Waals surface area contributed by atoms with E-state index in [0.29, 0.717) is 17.1 Å². The summed E-state index contributed by atoms with van der Waals surface area (Å²) in [7, 11) is 3.87. The van der Waals surface area contributed by atoms with Crippen LogP contribution in [0, 0.1) is 0 Å². The summed E-state index contributed by atoms with van der Waals surface area (Å²) in [5, 5.41) is 0. The molecule has 0 fully saturated rings. The smallest absolute Gasteiger partial charge is 0.317 e. The van der Waals surface area contributed by atoms with Gasteiger partial charge in [0.2, 0.25) is 0 Å². The molecular formula is C5H14NO3PS. The van der Waals surface area contributed by atoms with Crippen molar-refractivity contribution >= 4 is 18.2 Å². The molecule has 0 rings (SSSR count). The van der Waals surface area contributed by atoms with E-state index < -0.39 is 6.80 Å². The SMILES string of the molecule is CN(C)CCCSP(=O)(O)O. The highest BCUT2D eigenvalue weighted by molar-refractivity contribution is 8.54. The summed E-state index contributed by atoms with van der Waals surface area (Å²) >= 11 is 0.716. The lowest BCUT2D eigenvalue weighted by Crippen LogP contribution is -2.13. The van der Waals surface area contributed by atoms with Crippen molar-refractivity contribution in [1.82, 2.24) is 4.90 Å². The Bertz CT molecular complexity index is 147. The first-order valence-electron chi connectivity index (χ1n) is 3.26. The van der Waals surface area contributed by atoms with Crippen molar-refractivity contribution in [3.63, 3.8) is 0 Å². The van der Waals surface area contributed by atoms with Crippen LogP contribution in [0.25, 0.3) is 0 Å². The van der Waals surface area contributed by atoms with E-state index in [-0.39, 0.29) is 0 Å². The molecule has 0 aliphatic rings. The molecule has 0 aromatic heterocycles. The Balaban J connectivity index is 3.22. The van der Waals surface area contributed by atoms with E-state index >= 15 is 0 Å². The van der Waals surface area contributed by atoms with E-state index in [0.717, 1.165) is 13.0 Å². The molecule has 0 aliphatic heterocycles. The average molecular weight is 199 g/mol. The van der Waals surface area contributed by atoms with Crippen LogP contribution in [-0.2, 0) is 4.57 Å². The van der Waals surface area contributed by atoms with Crippen molar-refractivity contribution in [2.45, 2.75) is 6.42 Å². The second-order valence-electron chi connectivity index (χ2n) is 2.48. The summed E-state index contributed by atoms with van der Waals surface area (Å²) in [4.78, 5) is 18.9. The maximum absolute atomic E-state index is 10.3. The predicted octanol–water partition coefficient (Wildman–Crippen LogP) is 0.764. The summed E-state index contributed by atoms with van der Waals surface area (Å²) in [5.74, 6) is 0.516. The van der Waals surface area contributed by atoms with Gasteiger partial charge in [0.15, 0.2) is 0 Å². The Hall–Kier alpha value is 0.460. The van der Waals surface area contributed by atoms with Crippen LogP contribution in [0.15, 0.2) is 0 Å². The highest BCUT2D eigenvalue weighted by Crippen LogP contribution is 2.50. The molecule has 0 aromatic rings. The fourth-order valence-electron chi connectivity index (χ4n) is 0.564. The van der Waals surface area contributed by atoms with Gasteiger partial charge in [-0.25, -0.2) is 4.57 Å². The van der Waals surface area contributed by atoms with Gasteiger partial charge < -0.3 is 14.7 Å². The third kappa shape index (κ3) is 10.5. The third-order valence-corrected chi connectivity index (χ3v) is 3.37. The molecule has 0 saturated carbocycles. The summed E-state index contributed by atoms with van der Waals surface area (Å²) in [6.07, 6.45) is 0.808. The number of rotatable bonds is 5. The maximum atomic E-state index is 10.3. The van der Waals surface area contributed by atoms with Gasteiger partial charge in [-0.3, -0.25) is 0 Å². The molecule has 11 heavy (non-hydrogen) atoms. The van der Waals surface area contributed by atoms with Crippen LogP contribution >= 0.6 is 18.2 Å². The van der Waals surface area contributed by atoms with Gasteiger partial charge in [-0.2, -0.15) is 0 Å². The van der Waals surface area contributed by atoms with E-state index in [4.69, 9.17) is 9.79 Å². The minimum atomic E-state index is -3.83. The zero-order valence-electron chi connectivity index (χ0n) is 6.73. The molecule has 0 bridgehead atoms. The van der Waals surface area contributed by atoms with E-state index in [9.17, 15) is 4.57 Å². The van der Waals surface area contributed by atoms with Crippen molar-refractivity contribution in [1.29, 1.82) is 0 Å². The van der Waals surface area contributed by atoms with E-state index in [1.54, 1.807) is 0 Å². The zero-order chi connectivity index (χ0) is 8.91. The number of nitrogens with zero attached hydrogens (tertiary/aromatic N) is 1.